The minimum Gasteiger partial charge on any atom is -0.505 e. The number of nitrogens with one attached hydrogen (secondary N) is 2. The Morgan fingerprint density at radius 3 is 1.19 bits per heavy atom. The van der Waals surface area contributed by atoms with Crippen LogP contribution in [0.3, 0.4) is 0 Å². The number of aromatic hydroxyl groups is 2. The molecule has 0 aliphatic rings. The monoisotopic (exact) mass is 952 g/mol. The molecule has 0 radical (unpaired) electrons. The number of benzene rings is 4. The molecule has 336 valence electrons. The fourth-order valence-corrected chi connectivity index (χ4v) is 6.84. The highest BCUT2D eigenvalue weighted by molar-refractivity contribution is 7.86. The number of nitrogens with zero attached hydrogens (tertiary/aromatic N) is 10. The summed E-state index contributed by atoms with van der Waals surface area (Å²) < 4.78 is 119. The van der Waals surface area contributed by atoms with Crippen molar-refractivity contribution in [1.29, 1.82) is 0 Å². The van der Waals surface area contributed by atoms with E-state index < -0.39 is 73.1 Å². The lowest BCUT2D eigenvalue weighted by Gasteiger charge is -2.14. The maximum absolute atomic E-state index is 12.0. The Balaban J connectivity index is 0.000000784. The van der Waals surface area contributed by atoms with Gasteiger partial charge in [0.1, 0.15) is 44.5 Å². The largest absolute Gasteiger partial charge is 0.505 e. The summed E-state index contributed by atoms with van der Waals surface area (Å²) in [6.07, 6.45) is 1.43. The summed E-state index contributed by atoms with van der Waals surface area (Å²) in [6.45, 7) is 3.26. The molecule has 0 saturated carbocycles. The Hall–Kier alpha value is -6.54. The zero-order valence-corrected chi connectivity index (χ0v) is 36.6. The molecule has 2 heterocycles. The Bertz CT molecular complexity index is 3030. The molecular formula is C33H36N12O14S4. The lowest BCUT2D eigenvalue weighted by molar-refractivity contribution is 0.471. The number of rotatable bonds is 10. The van der Waals surface area contributed by atoms with Crippen LogP contribution in [-0.4, -0.2) is 119 Å². The van der Waals surface area contributed by atoms with E-state index >= 15 is 0 Å². The lowest BCUT2D eigenvalue weighted by Crippen LogP contribution is -2.10. The van der Waals surface area contributed by atoms with Gasteiger partial charge in [-0.3, -0.25) is 18.2 Å². The van der Waals surface area contributed by atoms with Gasteiger partial charge in [-0.15, -0.1) is 0 Å². The molecule has 8 N–H and O–H groups in total. The van der Waals surface area contributed by atoms with Gasteiger partial charge in [-0.05, 0) is 48.9 Å². The third kappa shape index (κ3) is 13.7. The van der Waals surface area contributed by atoms with Crippen molar-refractivity contribution in [3.05, 3.63) is 71.8 Å². The van der Waals surface area contributed by atoms with Crippen molar-refractivity contribution in [2.75, 3.05) is 37.2 Å². The molecule has 26 nitrogen and oxygen atoms in total. The third-order valence-electron chi connectivity index (χ3n) is 7.51. The molecule has 6 aromatic rings. The second-order valence-corrected chi connectivity index (χ2v) is 18.4. The summed E-state index contributed by atoms with van der Waals surface area (Å²) in [6, 6.07) is 11.8. The van der Waals surface area contributed by atoms with E-state index in [1.54, 1.807) is 38.1 Å². The Morgan fingerprint density at radius 2 is 0.889 bits per heavy atom. The van der Waals surface area contributed by atoms with Gasteiger partial charge in [-0.1, -0.05) is 24.3 Å². The fraction of sp³-hybridized carbons (Fsp3) is 0.212. The first-order valence-corrected chi connectivity index (χ1v) is 23.6. The molecule has 4 aromatic carbocycles. The van der Waals surface area contributed by atoms with E-state index in [4.69, 9.17) is 9.11 Å². The van der Waals surface area contributed by atoms with Gasteiger partial charge in [0.05, 0.1) is 30.3 Å². The van der Waals surface area contributed by atoms with E-state index in [-0.39, 0.29) is 62.9 Å². The van der Waals surface area contributed by atoms with Crippen molar-refractivity contribution in [3.63, 3.8) is 0 Å². The highest BCUT2D eigenvalue weighted by atomic mass is 32.2. The zero-order valence-electron chi connectivity index (χ0n) is 33.4. The van der Waals surface area contributed by atoms with Crippen molar-refractivity contribution in [3.8, 4) is 11.5 Å². The average Bonchev–Trinajstić information content (AvgIpc) is 3.11. The molecule has 2 aromatic heterocycles. The summed E-state index contributed by atoms with van der Waals surface area (Å²) >= 11 is 0. The van der Waals surface area contributed by atoms with Crippen molar-refractivity contribution in [2.24, 2.45) is 20.5 Å². The first-order chi connectivity index (χ1) is 29.1. The predicted octanol–water partition coefficient (Wildman–Crippen LogP) is 4.40. The Morgan fingerprint density at radius 1 is 0.556 bits per heavy atom. The van der Waals surface area contributed by atoms with Crippen LogP contribution in [0.25, 0.3) is 21.5 Å². The molecule has 0 amide bonds. The van der Waals surface area contributed by atoms with Gasteiger partial charge < -0.3 is 20.8 Å². The van der Waals surface area contributed by atoms with Crippen LogP contribution in [0, 0.1) is 13.8 Å². The molecule has 30 heteroatoms. The molecule has 0 aliphatic heterocycles. The predicted molar refractivity (Wildman–Crippen MR) is 225 cm³/mol. The van der Waals surface area contributed by atoms with Crippen molar-refractivity contribution in [1.82, 2.24) is 29.9 Å². The van der Waals surface area contributed by atoms with Crippen LogP contribution in [-0.2, 0) is 46.9 Å². The van der Waals surface area contributed by atoms with Gasteiger partial charge in [0, 0.05) is 24.9 Å². The Kier molecular flexibility index (Phi) is 15.0. The van der Waals surface area contributed by atoms with Crippen LogP contribution in [0.2, 0.25) is 0 Å². The average molecular weight is 953 g/mol. The molecule has 0 aliphatic carbocycles. The van der Waals surface area contributed by atoms with Crippen molar-refractivity contribution >= 4 is 96.7 Å². The minimum atomic E-state index is -4.76. The van der Waals surface area contributed by atoms with Gasteiger partial charge in [-0.2, -0.15) is 74.1 Å². The van der Waals surface area contributed by atoms with E-state index in [9.17, 15) is 53.0 Å². The van der Waals surface area contributed by atoms with Gasteiger partial charge in [0.2, 0.25) is 11.9 Å². The van der Waals surface area contributed by atoms with E-state index in [0.29, 0.717) is 24.2 Å². The zero-order chi connectivity index (χ0) is 47.2. The van der Waals surface area contributed by atoms with Gasteiger partial charge in [0.15, 0.2) is 11.5 Å². The third-order valence-corrected chi connectivity index (χ3v) is 9.24. The molecule has 63 heavy (non-hydrogen) atoms. The number of anilines is 4. The quantitative estimate of drug-likeness (QED) is 0.0696. The molecule has 0 fully saturated rings. The second-order valence-electron chi connectivity index (χ2n) is 12.6. The van der Waals surface area contributed by atoms with Gasteiger partial charge in [-0.25, -0.2) is 9.97 Å². The highest BCUT2D eigenvalue weighted by Gasteiger charge is 2.25. The van der Waals surface area contributed by atoms with E-state index in [1.165, 1.54) is 26.2 Å². The smallest absolute Gasteiger partial charge is 0.296 e. The van der Waals surface area contributed by atoms with E-state index in [1.807, 2.05) is 0 Å². The summed E-state index contributed by atoms with van der Waals surface area (Å²) in [7, 11) is -14.3. The molecule has 0 saturated heterocycles. The summed E-state index contributed by atoms with van der Waals surface area (Å²) in [5, 5.41) is 43.6. The molecule has 0 unspecified atom stereocenters. The van der Waals surface area contributed by atoms with Crippen molar-refractivity contribution < 1.29 is 62.1 Å². The molecular weight excluding hydrogens is 917 g/mol. The first-order valence-electron chi connectivity index (χ1n) is 17.0. The molecule has 0 spiro atoms. The number of phenolic OH excluding ortho intramolecular Hbond substituents is 2. The molecule has 0 bridgehead atoms. The van der Waals surface area contributed by atoms with Crippen LogP contribution in [0.5, 0.6) is 11.5 Å². The van der Waals surface area contributed by atoms with Crippen molar-refractivity contribution in [2.45, 2.75) is 30.1 Å². The number of fused-ring (bicyclic) bond motifs is 2. The van der Waals surface area contributed by atoms with E-state index in [2.05, 4.69) is 61.0 Å². The standard InChI is InChI=1S/C31H28N12O8S2.2CH4O3S/c1-14-34-22(40-30(36-14)38-18-9-5-7-16-11-20(52(46,47)48)26(42-32-3)28(44)24(16)18)13-23-35-15(2)37-31(41-23)39-19-10-6-8-17-12-21(53(49,50)51)27(43-33-4)29(45)25(17)19;2*1-5(2,3)4/h5-12,44-45H,13H2,1-4H3,(H,46,47,48)(H,49,50,51)(H,34,36,38,40)(H,35,37,39,41);2*1H3,(H,2,3,4). The highest BCUT2D eigenvalue weighted by Crippen LogP contribution is 2.45. The number of hydrogen-bond donors (Lipinski definition) is 8. The lowest BCUT2D eigenvalue weighted by atomic mass is 10.1. The SMILES string of the molecule is CN=Nc1c(S(=O)(=O)O)cc2cccc(Nc3nc(C)nc(Cc4nc(C)nc(Nc5cccc6cc(S(=O)(=O)O)c(N=NC)c(O)c56)n4)n3)c2c1O.CS(=O)(=O)O.CS(=O)(=O)O. The van der Waals surface area contributed by atoms with Crippen LogP contribution < -0.4 is 10.6 Å². The van der Waals surface area contributed by atoms with Crippen LogP contribution in [0.1, 0.15) is 23.3 Å². The number of aromatic nitrogens is 6. The number of aryl methyl sites for hydroxylation is 2. The number of hydrogen-bond acceptors (Lipinski definition) is 22. The first kappa shape index (κ1) is 49.1. The van der Waals surface area contributed by atoms with E-state index in [0.717, 1.165) is 12.1 Å². The van der Waals surface area contributed by atoms with Gasteiger partial charge in [0.25, 0.3) is 40.5 Å². The summed E-state index contributed by atoms with van der Waals surface area (Å²) in [4.78, 5) is 25.2. The number of azo groups is 2. The summed E-state index contributed by atoms with van der Waals surface area (Å²) in [5.74, 6) is 0.134. The topological polar surface area (TPSA) is 409 Å². The van der Waals surface area contributed by atoms with Crippen LogP contribution in [0.4, 0.5) is 34.6 Å². The fourth-order valence-electron chi connectivity index (χ4n) is 5.52. The normalized spacial score (nSPS) is 12.2. The summed E-state index contributed by atoms with van der Waals surface area (Å²) in [5.41, 5.74) is -0.349. The maximum Gasteiger partial charge on any atom is 0.296 e. The number of phenols is 2. The van der Waals surface area contributed by atoms with Crippen LogP contribution in [0.15, 0.2) is 78.8 Å². The second kappa shape index (κ2) is 19.2. The Labute approximate surface area is 358 Å². The molecule has 0 atom stereocenters. The van der Waals surface area contributed by atoms with Gasteiger partial charge >= 0.3 is 0 Å². The van der Waals surface area contributed by atoms with Crippen LogP contribution >= 0.6 is 0 Å². The maximum atomic E-state index is 12.0. The molecule has 6 rings (SSSR count). The minimum absolute atomic E-state index is 0.00480.